The van der Waals surface area contributed by atoms with Crippen LogP contribution in [0, 0.1) is 0 Å². The van der Waals surface area contributed by atoms with E-state index in [-0.39, 0.29) is 11.6 Å². The van der Waals surface area contributed by atoms with Crippen molar-refractivity contribution in [1.82, 2.24) is 0 Å². The predicted molar refractivity (Wildman–Crippen MR) is 134 cm³/mol. The number of unbranched alkanes of at least 4 members (excludes halogenated alkanes) is 2. The lowest BCUT2D eigenvalue weighted by Gasteiger charge is -2.30. The molecular formula is C29H31NO3. The fourth-order valence-electron chi connectivity index (χ4n) is 4.45. The van der Waals surface area contributed by atoms with E-state index in [1.165, 1.54) is 0 Å². The van der Waals surface area contributed by atoms with Crippen molar-refractivity contribution < 1.29 is 14.3 Å². The lowest BCUT2D eigenvalue weighted by atomic mass is 9.81. The van der Waals surface area contributed by atoms with Crippen LogP contribution in [0.3, 0.4) is 0 Å². The van der Waals surface area contributed by atoms with Crippen LogP contribution in [-0.4, -0.2) is 31.8 Å². The van der Waals surface area contributed by atoms with E-state index in [1.54, 1.807) is 19.2 Å². The smallest absolute Gasteiger partial charge is 0.196 e. The van der Waals surface area contributed by atoms with E-state index in [2.05, 4.69) is 24.8 Å². The summed E-state index contributed by atoms with van der Waals surface area (Å²) in [4.78, 5) is 29.5. The van der Waals surface area contributed by atoms with E-state index in [9.17, 15) is 9.59 Å². The van der Waals surface area contributed by atoms with Crippen LogP contribution in [0.4, 0.5) is 5.69 Å². The Hall–Kier alpha value is -3.40. The van der Waals surface area contributed by atoms with Gasteiger partial charge in [-0.3, -0.25) is 9.59 Å². The molecule has 3 aromatic rings. The highest BCUT2D eigenvalue weighted by molar-refractivity contribution is 6.30. The average Bonchev–Trinajstić information content (AvgIpc) is 2.86. The lowest BCUT2D eigenvalue weighted by Crippen LogP contribution is -2.30. The third-order valence-electron chi connectivity index (χ3n) is 6.33. The Kier molecular flexibility index (Phi) is 6.93. The molecule has 0 spiro atoms. The molecule has 3 aromatic carbocycles. The van der Waals surface area contributed by atoms with Crippen molar-refractivity contribution in [2.24, 2.45) is 0 Å². The van der Waals surface area contributed by atoms with Crippen molar-refractivity contribution in [3.05, 3.63) is 82.9 Å². The molecule has 0 atom stereocenters. The zero-order valence-electron chi connectivity index (χ0n) is 19.7. The molecule has 1 aliphatic carbocycles. The minimum absolute atomic E-state index is 0.0607. The summed E-state index contributed by atoms with van der Waals surface area (Å²) in [5.41, 5.74) is 4.83. The van der Waals surface area contributed by atoms with Gasteiger partial charge in [-0.25, -0.2) is 0 Å². The number of fused-ring (bicyclic) bond motifs is 2. The largest absolute Gasteiger partial charge is 0.497 e. The van der Waals surface area contributed by atoms with E-state index < -0.39 is 0 Å². The highest BCUT2D eigenvalue weighted by Crippen LogP contribution is 2.38. The third-order valence-corrected chi connectivity index (χ3v) is 6.33. The van der Waals surface area contributed by atoms with E-state index in [0.717, 1.165) is 61.3 Å². The summed E-state index contributed by atoms with van der Waals surface area (Å²) in [5, 5.41) is 0. The van der Waals surface area contributed by atoms with Crippen LogP contribution in [0.1, 0.15) is 71.4 Å². The first kappa shape index (κ1) is 22.8. The number of ketones is 2. The lowest BCUT2D eigenvalue weighted by molar-refractivity contribution is 0.0979. The summed E-state index contributed by atoms with van der Waals surface area (Å²) < 4.78 is 5.31. The molecule has 33 heavy (non-hydrogen) atoms. The second kappa shape index (κ2) is 10.0. The molecule has 170 valence electrons. The van der Waals surface area contributed by atoms with Gasteiger partial charge in [0.1, 0.15) is 5.75 Å². The zero-order chi connectivity index (χ0) is 23.4. The zero-order valence-corrected chi connectivity index (χ0v) is 19.7. The number of methoxy groups -OCH3 is 1. The Morgan fingerprint density at radius 2 is 1.33 bits per heavy atom. The first-order valence-electron chi connectivity index (χ1n) is 11.8. The van der Waals surface area contributed by atoms with Crippen molar-refractivity contribution in [1.29, 1.82) is 0 Å². The van der Waals surface area contributed by atoms with Gasteiger partial charge < -0.3 is 9.64 Å². The summed E-state index contributed by atoms with van der Waals surface area (Å²) in [6, 6.07) is 19.0. The number of rotatable bonds is 9. The Morgan fingerprint density at radius 1 is 0.727 bits per heavy atom. The molecule has 0 aliphatic heterocycles. The highest BCUT2D eigenvalue weighted by atomic mass is 16.5. The topological polar surface area (TPSA) is 46.6 Å². The summed E-state index contributed by atoms with van der Waals surface area (Å²) in [6.45, 7) is 6.06. The van der Waals surface area contributed by atoms with Crippen molar-refractivity contribution >= 4 is 17.3 Å². The van der Waals surface area contributed by atoms with Gasteiger partial charge in [0.2, 0.25) is 0 Å². The van der Waals surface area contributed by atoms with Gasteiger partial charge in [0.05, 0.1) is 12.7 Å². The molecule has 4 nitrogen and oxygen atoms in total. The Balaban J connectivity index is 1.92. The highest BCUT2D eigenvalue weighted by Gasteiger charge is 2.33. The van der Waals surface area contributed by atoms with Crippen LogP contribution in [0.2, 0.25) is 0 Å². The summed E-state index contributed by atoms with van der Waals surface area (Å²) >= 11 is 0. The van der Waals surface area contributed by atoms with Gasteiger partial charge in [0, 0.05) is 35.5 Å². The van der Waals surface area contributed by atoms with Crippen molar-refractivity contribution in [2.75, 3.05) is 25.1 Å². The van der Waals surface area contributed by atoms with Crippen LogP contribution in [0.25, 0.3) is 11.1 Å². The molecule has 0 aromatic heterocycles. The summed E-state index contributed by atoms with van der Waals surface area (Å²) in [6.07, 6.45) is 4.20. The number of benzene rings is 3. The maximum atomic E-state index is 13.7. The fraction of sp³-hybridized carbons (Fsp3) is 0.310. The van der Waals surface area contributed by atoms with Crippen molar-refractivity contribution in [2.45, 2.75) is 39.5 Å². The van der Waals surface area contributed by atoms with Gasteiger partial charge in [0.25, 0.3) is 0 Å². The first-order chi connectivity index (χ1) is 16.1. The van der Waals surface area contributed by atoms with Crippen molar-refractivity contribution in [3.63, 3.8) is 0 Å². The second-order valence-electron chi connectivity index (χ2n) is 8.54. The molecular weight excluding hydrogens is 410 g/mol. The van der Waals surface area contributed by atoms with Crippen LogP contribution >= 0.6 is 0 Å². The van der Waals surface area contributed by atoms with Gasteiger partial charge in [-0.2, -0.15) is 0 Å². The average molecular weight is 442 g/mol. The van der Waals surface area contributed by atoms with Crippen LogP contribution in [0.5, 0.6) is 5.75 Å². The minimum Gasteiger partial charge on any atom is -0.497 e. The molecule has 0 saturated carbocycles. The molecule has 0 amide bonds. The standard InChI is InChI=1S/C29H31NO3/c1-4-6-16-30(17-7-5-2)26-19-21(20-12-14-22(33-3)15-13-20)18-25-27(26)29(32)24-11-9-8-10-23(24)28(25)31/h8-15,18-19H,4-7,16-17H2,1-3H3. The third kappa shape index (κ3) is 4.43. The number of hydrogen-bond donors (Lipinski definition) is 0. The number of anilines is 1. The van der Waals surface area contributed by atoms with E-state index in [4.69, 9.17) is 4.74 Å². The number of carbonyl (C=O) groups excluding carboxylic acids is 2. The van der Waals surface area contributed by atoms with Gasteiger partial charge in [0.15, 0.2) is 11.6 Å². The quantitative estimate of drug-likeness (QED) is 0.296. The Bertz CT molecular complexity index is 1160. The molecule has 0 heterocycles. The SMILES string of the molecule is CCCCN(CCCC)c1cc(-c2ccc(OC)cc2)cc2c1C(=O)c1ccccc1C2=O. The molecule has 0 unspecified atom stereocenters. The van der Waals surface area contributed by atoms with Crippen LogP contribution < -0.4 is 9.64 Å². The minimum atomic E-state index is -0.0808. The predicted octanol–water partition coefficient (Wildman–Crippen LogP) is 6.54. The molecule has 4 rings (SSSR count). The molecule has 0 radical (unpaired) electrons. The van der Waals surface area contributed by atoms with Gasteiger partial charge in [-0.15, -0.1) is 0 Å². The monoisotopic (exact) mass is 441 g/mol. The number of ether oxygens (including phenoxy) is 1. The van der Waals surface area contributed by atoms with Gasteiger partial charge >= 0.3 is 0 Å². The number of nitrogens with zero attached hydrogens (tertiary/aromatic N) is 1. The number of hydrogen-bond acceptors (Lipinski definition) is 4. The molecule has 0 bridgehead atoms. The normalized spacial score (nSPS) is 12.3. The van der Waals surface area contributed by atoms with Crippen molar-refractivity contribution in [3.8, 4) is 16.9 Å². The second-order valence-corrected chi connectivity index (χ2v) is 8.54. The molecule has 0 N–H and O–H groups in total. The molecule has 0 fully saturated rings. The molecule has 1 aliphatic rings. The van der Waals surface area contributed by atoms with E-state index in [0.29, 0.717) is 22.3 Å². The van der Waals surface area contributed by atoms with Gasteiger partial charge in [-0.05, 0) is 48.2 Å². The molecule has 4 heteroatoms. The van der Waals surface area contributed by atoms with Crippen LogP contribution in [-0.2, 0) is 0 Å². The number of carbonyl (C=O) groups is 2. The Morgan fingerprint density at radius 3 is 1.91 bits per heavy atom. The van der Waals surface area contributed by atoms with Crippen LogP contribution in [0.15, 0.2) is 60.7 Å². The summed E-state index contributed by atoms with van der Waals surface area (Å²) in [5.74, 6) is 0.641. The van der Waals surface area contributed by atoms with Gasteiger partial charge in [-0.1, -0.05) is 63.1 Å². The Labute approximate surface area is 196 Å². The molecule has 0 saturated heterocycles. The first-order valence-corrected chi connectivity index (χ1v) is 11.8. The maximum Gasteiger partial charge on any atom is 0.196 e. The maximum absolute atomic E-state index is 13.7. The fourth-order valence-corrected chi connectivity index (χ4v) is 4.45. The van der Waals surface area contributed by atoms with E-state index in [1.807, 2.05) is 42.5 Å². The summed E-state index contributed by atoms with van der Waals surface area (Å²) in [7, 11) is 1.65. The van der Waals surface area contributed by atoms with E-state index >= 15 is 0 Å².